The number of alkyl carbamates (subject to hydrolysis) is 1. The largest absolute Gasteiger partial charge is 0.444 e. The first kappa shape index (κ1) is 19.5. The van der Waals surface area contributed by atoms with Crippen molar-refractivity contribution in [2.45, 2.75) is 38.3 Å². The predicted octanol–water partition coefficient (Wildman–Crippen LogP) is 3.46. The van der Waals surface area contributed by atoms with Crippen molar-refractivity contribution < 1.29 is 14.3 Å². The summed E-state index contributed by atoms with van der Waals surface area (Å²) >= 11 is 0. The molecule has 0 aliphatic carbocycles. The average Bonchev–Trinajstić information content (AvgIpc) is 2.61. The van der Waals surface area contributed by atoms with E-state index in [0.29, 0.717) is 0 Å². The Hall–Kier alpha value is -2.82. The summed E-state index contributed by atoms with van der Waals surface area (Å²) in [5.41, 5.74) is 1.22. The van der Waals surface area contributed by atoms with E-state index in [4.69, 9.17) is 4.74 Å². The lowest BCUT2D eigenvalue weighted by molar-refractivity contribution is -0.123. The maximum Gasteiger partial charge on any atom is 0.408 e. The first-order valence-electron chi connectivity index (χ1n) is 8.63. The molecular formula is C21H26N2O3. The Morgan fingerprint density at radius 2 is 1.35 bits per heavy atom. The smallest absolute Gasteiger partial charge is 0.408 e. The summed E-state index contributed by atoms with van der Waals surface area (Å²) in [6, 6.07) is 18.5. The Bertz CT molecular complexity index is 684. The number of benzene rings is 2. The fraction of sp³-hybridized carbons (Fsp3) is 0.333. The molecule has 0 aliphatic heterocycles. The molecule has 0 spiro atoms. The van der Waals surface area contributed by atoms with Crippen LogP contribution in [0.2, 0.25) is 0 Å². The van der Waals surface area contributed by atoms with Crippen molar-refractivity contribution in [2.24, 2.45) is 0 Å². The van der Waals surface area contributed by atoms with Gasteiger partial charge < -0.3 is 15.4 Å². The minimum Gasteiger partial charge on any atom is -0.444 e. The normalized spacial score (nSPS) is 12.3. The van der Waals surface area contributed by atoms with Gasteiger partial charge in [-0.25, -0.2) is 4.79 Å². The van der Waals surface area contributed by atoms with E-state index in [9.17, 15) is 9.59 Å². The number of amides is 2. The number of rotatable bonds is 5. The van der Waals surface area contributed by atoms with E-state index in [1.165, 1.54) is 0 Å². The van der Waals surface area contributed by atoms with Crippen LogP contribution in [0.5, 0.6) is 0 Å². The standard InChI is InChI=1S/C21H26N2O3/c1-21(2,3)26-20(25)23-18(19(24)22-4)17(15-11-7-5-8-12-15)16-13-9-6-10-14-16/h5-14,17-18H,1-4H3,(H,22,24)(H,23,25)/t18-/m0/s1. The molecule has 26 heavy (non-hydrogen) atoms. The molecule has 0 saturated heterocycles. The SMILES string of the molecule is CNC(=O)[C@@H](NC(=O)OC(C)(C)C)C(c1ccccc1)c1ccccc1. The molecule has 5 heteroatoms. The molecule has 5 nitrogen and oxygen atoms in total. The molecule has 2 N–H and O–H groups in total. The van der Waals surface area contributed by atoms with Gasteiger partial charge in [0.05, 0.1) is 0 Å². The molecule has 0 unspecified atom stereocenters. The molecule has 2 amide bonds. The van der Waals surface area contributed by atoms with Crippen molar-refractivity contribution in [2.75, 3.05) is 7.05 Å². The van der Waals surface area contributed by atoms with Gasteiger partial charge in [-0.3, -0.25) is 4.79 Å². The molecule has 0 radical (unpaired) electrons. The fourth-order valence-corrected chi connectivity index (χ4v) is 2.79. The Morgan fingerprint density at radius 3 is 1.73 bits per heavy atom. The Labute approximate surface area is 154 Å². The van der Waals surface area contributed by atoms with Crippen LogP contribution in [0.15, 0.2) is 60.7 Å². The Kier molecular flexibility index (Phi) is 6.39. The van der Waals surface area contributed by atoms with Gasteiger partial charge in [0.1, 0.15) is 11.6 Å². The molecule has 0 heterocycles. The summed E-state index contributed by atoms with van der Waals surface area (Å²) in [4.78, 5) is 25.0. The highest BCUT2D eigenvalue weighted by atomic mass is 16.6. The van der Waals surface area contributed by atoms with Crippen molar-refractivity contribution in [1.82, 2.24) is 10.6 Å². The van der Waals surface area contributed by atoms with E-state index in [1.807, 2.05) is 60.7 Å². The highest BCUT2D eigenvalue weighted by molar-refractivity contribution is 5.87. The zero-order valence-electron chi connectivity index (χ0n) is 15.7. The second-order valence-corrected chi connectivity index (χ2v) is 7.04. The number of carbonyl (C=O) groups excluding carboxylic acids is 2. The zero-order chi connectivity index (χ0) is 19.2. The highest BCUT2D eigenvalue weighted by Crippen LogP contribution is 2.28. The molecule has 0 aromatic heterocycles. The van der Waals surface area contributed by atoms with Gasteiger partial charge in [-0.1, -0.05) is 60.7 Å². The monoisotopic (exact) mass is 354 g/mol. The van der Waals surface area contributed by atoms with Crippen LogP contribution in [-0.2, 0) is 9.53 Å². The Balaban J connectivity index is 2.42. The van der Waals surface area contributed by atoms with Crippen LogP contribution in [0.25, 0.3) is 0 Å². The molecule has 2 rings (SSSR count). The van der Waals surface area contributed by atoms with E-state index < -0.39 is 17.7 Å². The number of nitrogens with one attached hydrogen (secondary N) is 2. The first-order valence-corrected chi connectivity index (χ1v) is 8.63. The van der Waals surface area contributed by atoms with E-state index >= 15 is 0 Å². The lowest BCUT2D eigenvalue weighted by Crippen LogP contribution is -2.50. The van der Waals surface area contributed by atoms with Crippen molar-refractivity contribution in [3.05, 3.63) is 71.8 Å². The third kappa shape index (κ3) is 5.34. The summed E-state index contributed by atoms with van der Waals surface area (Å²) in [7, 11) is 1.55. The van der Waals surface area contributed by atoms with Crippen LogP contribution in [0, 0.1) is 0 Å². The highest BCUT2D eigenvalue weighted by Gasteiger charge is 2.33. The predicted molar refractivity (Wildman–Crippen MR) is 102 cm³/mol. The van der Waals surface area contributed by atoms with E-state index in [-0.39, 0.29) is 11.8 Å². The van der Waals surface area contributed by atoms with Gasteiger partial charge in [0.2, 0.25) is 5.91 Å². The molecular weight excluding hydrogens is 328 g/mol. The Morgan fingerprint density at radius 1 is 0.885 bits per heavy atom. The third-order valence-corrected chi connectivity index (χ3v) is 3.85. The number of ether oxygens (including phenoxy) is 1. The topological polar surface area (TPSA) is 67.4 Å². The molecule has 138 valence electrons. The number of carbonyl (C=O) groups is 2. The van der Waals surface area contributed by atoms with Gasteiger partial charge in [0.25, 0.3) is 0 Å². The number of likely N-dealkylation sites (N-methyl/N-ethyl adjacent to an activating group) is 1. The van der Waals surface area contributed by atoms with Gasteiger partial charge >= 0.3 is 6.09 Å². The lowest BCUT2D eigenvalue weighted by Gasteiger charge is -2.29. The maximum atomic E-state index is 12.6. The van der Waals surface area contributed by atoms with Crippen LogP contribution >= 0.6 is 0 Å². The van der Waals surface area contributed by atoms with Gasteiger partial charge in [-0.05, 0) is 31.9 Å². The zero-order valence-corrected chi connectivity index (χ0v) is 15.7. The van der Waals surface area contributed by atoms with Crippen LogP contribution in [0.3, 0.4) is 0 Å². The van der Waals surface area contributed by atoms with Crippen molar-refractivity contribution >= 4 is 12.0 Å². The molecule has 0 bridgehead atoms. The van der Waals surface area contributed by atoms with E-state index in [1.54, 1.807) is 27.8 Å². The summed E-state index contributed by atoms with van der Waals surface area (Å²) in [6.45, 7) is 5.36. The summed E-state index contributed by atoms with van der Waals surface area (Å²) < 4.78 is 5.35. The van der Waals surface area contributed by atoms with Gasteiger partial charge in [-0.15, -0.1) is 0 Å². The summed E-state index contributed by atoms with van der Waals surface area (Å²) in [6.07, 6.45) is -0.622. The summed E-state index contributed by atoms with van der Waals surface area (Å²) in [5, 5.41) is 5.39. The second kappa shape index (κ2) is 8.52. The molecule has 0 aliphatic rings. The fourth-order valence-electron chi connectivity index (χ4n) is 2.79. The van der Waals surface area contributed by atoms with E-state index in [2.05, 4.69) is 10.6 Å². The quantitative estimate of drug-likeness (QED) is 0.864. The number of hydrogen-bond donors (Lipinski definition) is 2. The number of hydrogen-bond acceptors (Lipinski definition) is 3. The first-order chi connectivity index (χ1) is 12.3. The second-order valence-electron chi connectivity index (χ2n) is 7.04. The average molecular weight is 354 g/mol. The molecule has 1 atom stereocenters. The lowest BCUT2D eigenvalue weighted by atomic mass is 9.84. The van der Waals surface area contributed by atoms with Crippen molar-refractivity contribution in [3.8, 4) is 0 Å². The van der Waals surface area contributed by atoms with Crippen LogP contribution in [0.1, 0.15) is 37.8 Å². The summed E-state index contributed by atoms with van der Waals surface area (Å²) in [5.74, 6) is -0.626. The van der Waals surface area contributed by atoms with Crippen molar-refractivity contribution in [1.29, 1.82) is 0 Å². The molecule has 2 aromatic rings. The molecule has 0 fully saturated rings. The molecule has 0 saturated carbocycles. The van der Waals surface area contributed by atoms with Gasteiger partial charge in [0, 0.05) is 13.0 Å². The van der Waals surface area contributed by atoms with Gasteiger partial charge in [-0.2, -0.15) is 0 Å². The van der Waals surface area contributed by atoms with Crippen molar-refractivity contribution in [3.63, 3.8) is 0 Å². The minimum absolute atomic E-state index is 0.284. The van der Waals surface area contributed by atoms with Crippen LogP contribution in [-0.4, -0.2) is 30.7 Å². The van der Waals surface area contributed by atoms with Crippen LogP contribution in [0.4, 0.5) is 4.79 Å². The van der Waals surface area contributed by atoms with Gasteiger partial charge in [0.15, 0.2) is 0 Å². The van der Waals surface area contributed by atoms with Crippen LogP contribution < -0.4 is 10.6 Å². The molecule has 2 aromatic carbocycles. The third-order valence-electron chi connectivity index (χ3n) is 3.85. The maximum absolute atomic E-state index is 12.6. The van der Waals surface area contributed by atoms with E-state index in [0.717, 1.165) is 11.1 Å². The minimum atomic E-state index is -0.806.